The van der Waals surface area contributed by atoms with Gasteiger partial charge in [0.2, 0.25) is 0 Å². The van der Waals surface area contributed by atoms with Crippen molar-refractivity contribution in [1.82, 2.24) is 9.88 Å². The Morgan fingerprint density at radius 2 is 1.82 bits per heavy atom. The highest BCUT2D eigenvalue weighted by molar-refractivity contribution is 7.80. The zero-order chi connectivity index (χ0) is 24.6. The molecular weight excluding hydrogens is 454 g/mol. The van der Waals surface area contributed by atoms with Crippen LogP contribution in [0.1, 0.15) is 27.3 Å². The fourth-order valence-corrected chi connectivity index (χ4v) is 4.23. The molecule has 2 aromatic carbocycles. The minimum absolute atomic E-state index is 0.0346. The Hall–Kier alpha value is -4.24. The first-order chi connectivity index (χ1) is 16.2. The monoisotopic (exact) mass is 475 g/mol. The summed E-state index contributed by atoms with van der Waals surface area (Å²) in [5.74, 6) is -1.76. The third-order valence-corrected chi connectivity index (χ3v) is 5.83. The van der Waals surface area contributed by atoms with Gasteiger partial charge in [-0.3, -0.25) is 14.9 Å². The number of carbonyl (C=O) groups is 3. The molecule has 2 amide bonds. The number of hydrogen-bond donors (Lipinski definition) is 2. The van der Waals surface area contributed by atoms with Crippen molar-refractivity contribution in [2.45, 2.75) is 13.8 Å². The predicted molar refractivity (Wildman–Crippen MR) is 131 cm³/mol. The zero-order valence-corrected chi connectivity index (χ0v) is 19.5. The zero-order valence-electron chi connectivity index (χ0n) is 18.7. The van der Waals surface area contributed by atoms with Crippen LogP contribution in [0.5, 0.6) is 5.75 Å². The van der Waals surface area contributed by atoms with Gasteiger partial charge >= 0.3 is 5.97 Å². The number of aromatic nitrogens is 1. The summed E-state index contributed by atoms with van der Waals surface area (Å²) in [6.07, 6.45) is 1.52. The molecular formula is C25H21N3O5S. The Bertz CT molecular complexity index is 1390. The van der Waals surface area contributed by atoms with E-state index in [1.807, 2.05) is 24.5 Å². The number of aromatic carboxylic acids is 1. The molecule has 3 aromatic rings. The summed E-state index contributed by atoms with van der Waals surface area (Å²) in [7, 11) is 1.49. The molecule has 1 fully saturated rings. The summed E-state index contributed by atoms with van der Waals surface area (Å²) >= 11 is 5.27. The van der Waals surface area contributed by atoms with Crippen LogP contribution in [0.4, 0.5) is 5.69 Å². The van der Waals surface area contributed by atoms with Gasteiger partial charge in [-0.2, -0.15) is 0 Å². The van der Waals surface area contributed by atoms with E-state index in [0.29, 0.717) is 22.7 Å². The van der Waals surface area contributed by atoms with Gasteiger partial charge in [-0.25, -0.2) is 9.69 Å². The SMILES string of the molecule is COc1ccccc1N1C(=O)/C(=C/c2cc(C)n(-c3cccc(C(=O)O)c3)c2C)C(=O)NC1=S. The summed E-state index contributed by atoms with van der Waals surface area (Å²) in [4.78, 5) is 38.7. The molecule has 2 heterocycles. The van der Waals surface area contributed by atoms with E-state index in [9.17, 15) is 19.5 Å². The highest BCUT2D eigenvalue weighted by Gasteiger charge is 2.36. The van der Waals surface area contributed by atoms with Crippen molar-refractivity contribution in [2.24, 2.45) is 0 Å². The molecule has 0 bridgehead atoms. The van der Waals surface area contributed by atoms with Crippen LogP contribution in [-0.2, 0) is 9.59 Å². The standard InChI is InChI=1S/C25H21N3O5S/c1-14-11-17(15(2)27(14)18-8-6-7-16(12-18)24(31)32)13-19-22(29)26-25(34)28(23(19)30)20-9-4-5-10-21(20)33-3/h4-13H,1-3H3,(H,31,32)(H,26,29,34)/b19-13+. The van der Waals surface area contributed by atoms with Gasteiger partial charge in [0, 0.05) is 17.1 Å². The van der Waals surface area contributed by atoms with Gasteiger partial charge in [-0.15, -0.1) is 0 Å². The molecule has 4 rings (SSSR count). The molecule has 8 nitrogen and oxygen atoms in total. The maximum Gasteiger partial charge on any atom is 0.335 e. The summed E-state index contributed by atoms with van der Waals surface area (Å²) in [6, 6.07) is 15.3. The summed E-state index contributed by atoms with van der Waals surface area (Å²) in [6.45, 7) is 3.70. The van der Waals surface area contributed by atoms with Crippen LogP contribution in [0, 0.1) is 13.8 Å². The van der Waals surface area contributed by atoms with Gasteiger partial charge < -0.3 is 14.4 Å². The van der Waals surface area contributed by atoms with Crippen molar-refractivity contribution < 1.29 is 24.2 Å². The summed E-state index contributed by atoms with van der Waals surface area (Å²) in [5.41, 5.74) is 3.35. The van der Waals surface area contributed by atoms with Crippen LogP contribution in [0.3, 0.4) is 0 Å². The molecule has 1 aromatic heterocycles. The predicted octanol–water partition coefficient (Wildman–Crippen LogP) is 3.63. The lowest BCUT2D eigenvalue weighted by Crippen LogP contribution is -2.54. The third kappa shape index (κ3) is 3.97. The largest absolute Gasteiger partial charge is 0.495 e. The van der Waals surface area contributed by atoms with Gasteiger partial charge in [-0.1, -0.05) is 18.2 Å². The number of amides is 2. The Kier molecular flexibility index (Phi) is 6.04. The summed E-state index contributed by atoms with van der Waals surface area (Å²) < 4.78 is 7.23. The lowest BCUT2D eigenvalue weighted by atomic mass is 10.1. The molecule has 0 radical (unpaired) electrons. The number of aryl methyl sites for hydroxylation is 1. The van der Waals surface area contributed by atoms with Gasteiger partial charge in [-0.05, 0) is 74.1 Å². The number of para-hydroxylation sites is 2. The van der Waals surface area contributed by atoms with Gasteiger partial charge in [0.25, 0.3) is 11.8 Å². The van der Waals surface area contributed by atoms with Crippen molar-refractivity contribution in [2.75, 3.05) is 12.0 Å². The quantitative estimate of drug-likeness (QED) is 0.332. The van der Waals surface area contributed by atoms with E-state index in [2.05, 4.69) is 5.32 Å². The second kappa shape index (κ2) is 8.95. The number of hydrogen-bond acceptors (Lipinski definition) is 5. The second-order valence-corrected chi connectivity index (χ2v) is 8.03. The summed E-state index contributed by atoms with van der Waals surface area (Å²) in [5, 5.41) is 11.9. The number of benzene rings is 2. The maximum absolute atomic E-state index is 13.4. The van der Waals surface area contributed by atoms with E-state index in [4.69, 9.17) is 17.0 Å². The van der Waals surface area contributed by atoms with E-state index in [1.54, 1.807) is 42.5 Å². The molecule has 0 unspecified atom stereocenters. The average molecular weight is 476 g/mol. The van der Waals surface area contributed by atoms with Gasteiger partial charge in [0.15, 0.2) is 5.11 Å². The number of ether oxygens (including phenoxy) is 1. The third-order valence-electron chi connectivity index (χ3n) is 5.55. The normalized spacial score (nSPS) is 15.0. The van der Waals surface area contributed by atoms with E-state index >= 15 is 0 Å². The molecule has 1 aliphatic rings. The van der Waals surface area contributed by atoms with Crippen LogP contribution < -0.4 is 15.0 Å². The fraction of sp³-hybridized carbons (Fsp3) is 0.120. The van der Waals surface area contributed by atoms with Crippen molar-refractivity contribution in [3.05, 3.63) is 82.7 Å². The topological polar surface area (TPSA) is 101 Å². The maximum atomic E-state index is 13.4. The van der Waals surface area contributed by atoms with E-state index in [1.165, 1.54) is 24.2 Å². The number of nitrogens with one attached hydrogen (secondary N) is 1. The molecule has 9 heteroatoms. The number of anilines is 1. The number of carboxylic acid groups (broad SMARTS) is 1. The molecule has 1 saturated heterocycles. The van der Waals surface area contributed by atoms with Crippen molar-refractivity contribution in [3.8, 4) is 11.4 Å². The highest BCUT2D eigenvalue weighted by Crippen LogP contribution is 2.31. The first-order valence-electron chi connectivity index (χ1n) is 10.3. The van der Waals surface area contributed by atoms with Crippen molar-refractivity contribution >= 4 is 46.9 Å². The molecule has 0 spiro atoms. The molecule has 172 valence electrons. The van der Waals surface area contributed by atoms with Gasteiger partial charge in [0.1, 0.15) is 11.3 Å². The molecule has 34 heavy (non-hydrogen) atoms. The Morgan fingerprint density at radius 3 is 2.53 bits per heavy atom. The molecule has 0 aliphatic carbocycles. The number of methoxy groups -OCH3 is 1. The molecule has 2 N–H and O–H groups in total. The number of carboxylic acids is 1. The van der Waals surface area contributed by atoms with Crippen LogP contribution in [0.25, 0.3) is 11.8 Å². The number of rotatable bonds is 5. The van der Waals surface area contributed by atoms with Crippen molar-refractivity contribution in [3.63, 3.8) is 0 Å². The Labute approximate surface area is 201 Å². The van der Waals surface area contributed by atoms with Crippen LogP contribution in [-0.4, -0.2) is 39.7 Å². The van der Waals surface area contributed by atoms with Gasteiger partial charge in [0.05, 0.1) is 18.4 Å². The van der Waals surface area contributed by atoms with Crippen LogP contribution >= 0.6 is 12.2 Å². The Balaban J connectivity index is 1.78. The van der Waals surface area contributed by atoms with E-state index < -0.39 is 17.8 Å². The smallest absolute Gasteiger partial charge is 0.335 e. The van der Waals surface area contributed by atoms with Crippen LogP contribution in [0.15, 0.2) is 60.2 Å². The second-order valence-electron chi connectivity index (χ2n) is 7.65. The van der Waals surface area contributed by atoms with Crippen LogP contribution in [0.2, 0.25) is 0 Å². The van der Waals surface area contributed by atoms with E-state index in [0.717, 1.165) is 11.4 Å². The van der Waals surface area contributed by atoms with Crippen molar-refractivity contribution in [1.29, 1.82) is 0 Å². The molecule has 1 aliphatic heterocycles. The number of nitrogens with zero attached hydrogens (tertiary/aromatic N) is 2. The minimum Gasteiger partial charge on any atom is -0.495 e. The molecule has 0 saturated carbocycles. The van der Waals surface area contributed by atoms with E-state index in [-0.39, 0.29) is 16.2 Å². The first kappa shape index (κ1) is 22.9. The lowest BCUT2D eigenvalue weighted by Gasteiger charge is -2.29. The Morgan fingerprint density at radius 1 is 1.09 bits per heavy atom. The average Bonchev–Trinajstić information content (AvgIpc) is 3.09. The lowest BCUT2D eigenvalue weighted by molar-refractivity contribution is -0.122. The highest BCUT2D eigenvalue weighted by atomic mass is 32.1. The molecule has 0 atom stereocenters. The number of thiocarbonyl (C=S) groups is 1. The fourth-order valence-electron chi connectivity index (χ4n) is 3.96. The minimum atomic E-state index is -1.02. The first-order valence-corrected chi connectivity index (χ1v) is 10.7. The number of carbonyl (C=O) groups excluding carboxylic acids is 2.